The maximum atomic E-state index is 6.24. The van der Waals surface area contributed by atoms with Gasteiger partial charge in [-0.05, 0) is 48.6 Å². The third-order valence-corrected chi connectivity index (χ3v) is 4.26. The minimum atomic E-state index is 0.250. The van der Waals surface area contributed by atoms with Crippen molar-refractivity contribution in [2.75, 3.05) is 23.7 Å². The van der Waals surface area contributed by atoms with Crippen LogP contribution in [-0.4, -0.2) is 23.1 Å². The fourth-order valence-corrected chi connectivity index (χ4v) is 2.89. The van der Waals surface area contributed by atoms with Gasteiger partial charge in [-0.1, -0.05) is 13.0 Å². The minimum Gasteiger partial charge on any atom is -0.397 e. The number of anilines is 2. The molecule has 0 amide bonds. The molecular weight excluding hydrogens is 284 g/mol. The van der Waals surface area contributed by atoms with E-state index in [0.717, 1.165) is 41.6 Å². The van der Waals surface area contributed by atoms with E-state index in [4.69, 9.17) is 17.3 Å². The first kappa shape index (κ1) is 14.1. The molecular formula is C16H19ClN4. The molecule has 1 aliphatic rings. The first-order valence-corrected chi connectivity index (χ1v) is 7.64. The molecule has 4 nitrogen and oxygen atoms in total. The number of piperidine rings is 1. The average Bonchev–Trinajstić information content (AvgIpc) is 2.48. The highest BCUT2D eigenvalue weighted by Crippen LogP contribution is 2.31. The number of nitrogens with zero attached hydrogens (tertiary/aromatic N) is 3. The van der Waals surface area contributed by atoms with Crippen LogP contribution in [0.2, 0.25) is 5.28 Å². The summed E-state index contributed by atoms with van der Waals surface area (Å²) in [5, 5.41) is 0.250. The highest BCUT2D eigenvalue weighted by Gasteiger charge is 2.18. The van der Waals surface area contributed by atoms with Crippen molar-refractivity contribution in [1.82, 2.24) is 9.97 Å². The molecule has 0 saturated carbocycles. The van der Waals surface area contributed by atoms with Crippen molar-refractivity contribution >= 4 is 23.0 Å². The average molecular weight is 303 g/mol. The number of aromatic nitrogens is 2. The van der Waals surface area contributed by atoms with Gasteiger partial charge < -0.3 is 10.6 Å². The number of hydrogen-bond donors (Lipinski definition) is 1. The van der Waals surface area contributed by atoms with Crippen LogP contribution in [0.1, 0.15) is 19.8 Å². The lowest BCUT2D eigenvalue weighted by atomic mass is 9.98. The first-order chi connectivity index (χ1) is 10.1. The Morgan fingerprint density at radius 1 is 1.24 bits per heavy atom. The zero-order valence-corrected chi connectivity index (χ0v) is 12.8. The molecule has 1 saturated heterocycles. The smallest absolute Gasteiger partial charge is 0.222 e. The molecule has 2 heterocycles. The van der Waals surface area contributed by atoms with Crippen molar-refractivity contribution in [3.8, 4) is 11.3 Å². The van der Waals surface area contributed by atoms with Gasteiger partial charge in [-0.3, -0.25) is 0 Å². The second-order valence-electron chi connectivity index (χ2n) is 5.65. The Morgan fingerprint density at radius 2 is 2.00 bits per heavy atom. The standard InChI is InChI=1S/C16H19ClN4/c1-11-5-8-21(9-6-11)15-3-2-12(10-13(15)18)14-4-7-19-16(17)20-14/h2-4,7,10-11H,5-6,8-9,18H2,1H3. The number of rotatable bonds is 2. The van der Waals surface area contributed by atoms with Crippen LogP contribution in [0.25, 0.3) is 11.3 Å². The van der Waals surface area contributed by atoms with Crippen LogP contribution >= 0.6 is 11.6 Å². The molecule has 0 atom stereocenters. The van der Waals surface area contributed by atoms with E-state index in [1.807, 2.05) is 18.2 Å². The third-order valence-electron chi connectivity index (χ3n) is 4.07. The molecule has 5 heteroatoms. The monoisotopic (exact) mass is 302 g/mol. The van der Waals surface area contributed by atoms with Crippen LogP contribution < -0.4 is 10.6 Å². The van der Waals surface area contributed by atoms with Gasteiger partial charge in [-0.25, -0.2) is 9.97 Å². The molecule has 2 aromatic rings. The molecule has 1 aromatic carbocycles. The summed E-state index contributed by atoms with van der Waals surface area (Å²) in [6, 6.07) is 7.92. The summed E-state index contributed by atoms with van der Waals surface area (Å²) < 4.78 is 0. The van der Waals surface area contributed by atoms with Gasteiger partial charge in [0.25, 0.3) is 0 Å². The predicted molar refractivity (Wildman–Crippen MR) is 87.5 cm³/mol. The molecule has 1 aliphatic heterocycles. The Hall–Kier alpha value is -1.81. The van der Waals surface area contributed by atoms with Crippen molar-refractivity contribution in [2.24, 2.45) is 5.92 Å². The maximum Gasteiger partial charge on any atom is 0.222 e. The molecule has 2 N–H and O–H groups in total. The molecule has 0 bridgehead atoms. The summed E-state index contributed by atoms with van der Waals surface area (Å²) in [6.45, 7) is 4.46. The van der Waals surface area contributed by atoms with Gasteiger partial charge in [-0.2, -0.15) is 0 Å². The van der Waals surface area contributed by atoms with E-state index in [1.165, 1.54) is 12.8 Å². The van der Waals surface area contributed by atoms with Crippen molar-refractivity contribution < 1.29 is 0 Å². The predicted octanol–water partition coefficient (Wildman–Crippen LogP) is 3.62. The Bertz CT molecular complexity index is 636. The zero-order chi connectivity index (χ0) is 14.8. The number of nitrogen functional groups attached to an aromatic ring is 1. The second-order valence-corrected chi connectivity index (χ2v) is 5.99. The SMILES string of the molecule is CC1CCN(c2ccc(-c3ccnc(Cl)n3)cc2N)CC1. The molecule has 1 aromatic heterocycles. The van der Waals surface area contributed by atoms with Crippen LogP contribution in [-0.2, 0) is 0 Å². The number of hydrogen-bond acceptors (Lipinski definition) is 4. The molecule has 0 spiro atoms. The van der Waals surface area contributed by atoms with Crippen molar-refractivity contribution in [2.45, 2.75) is 19.8 Å². The van der Waals surface area contributed by atoms with Gasteiger partial charge in [0.1, 0.15) is 0 Å². The lowest BCUT2D eigenvalue weighted by Gasteiger charge is -2.33. The lowest BCUT2D eigenvalue weighted by Crippen LogP contribution is -2.33. The molecule has 110 valence electrons. The fourth-order valence-electron chi connectivity index (χ4n) is 2.75. The van der Waals surface area contributed by atoms with Crippen molar-refractivity contribution in [3.63, 3.8) is 0 Å². The van der Waals surface area contributed by atoms with E-state index in [-0.39, 0.29) is 5.28 Å². The highest BCUT2D eigenvalue weighted by molar-refractivity contribution is 6.28. The summed E-state index contributed by atoms with van der Waals surface area (Å²) in [7, 11) is 0. The van der Waals surface area contributed by atoms with Gasteiger partial charge in [0.05, 0.1) is 17.1 Å². The molecule has 21 heavy (non-hydrogen) atoms. The molecule has 0 radical (unpaired) electrons. The summed E-state index contributed by atoms with van der Waals surface area (Å²) in [6.07, 6.45) is 4.10. The number of nitrogens with two attached hydrogens (primary N) is 1. The van der Waals surface area contributed by atoms with Crippen LogP contribution in [0.5, 0.6) is 0 Å². The van der Waals surface area contributed by atoms with Gasteiger partial charge in [-0.15, -0.1) is 0 Å². The molecule has 1 fully saturated rings. The van der Waals surface area contributed by atoms with Crippen molar-refractivity contribution in [3.05, 3.63) is 35.7 Å². The topological polar surface area (TPSA) is 55.0 Å². The van der Waals surface area contributed by atoms with Gasteiger partial charge in [0, 0.05) is 24.8 Å². The summed E-state index contributed by atoms with van der Waals surface area (Å²) in [5.41, 5.74) is 9.91. The Kier molecular flexibility index (Phi) is 3.97. The second kappa shape index (κ2) is 5.90. The zero-order valence-electron chi connectivity index (χ0n) is 12.1. The lowest BCUT2D eigenvalue weighted by molar-refractivity contribution is 0.439. The number of benzene rings is 1. The normalized spacial score (nSPS) is 16.2. The molecule has 0 unspecified atom stereocenters. The quantitative estimate of drug-likeness (QED) is 0.680. The van der Waals surface area contributed by atoms with E-state index in [9.17, 15) is 0 Å². The maximum absolute atomic E-state index is 6.24. The Morgan fingerprint density at radius 3 is 2.67 bits per heavy atom. The van der Waals surface area contributed by atoms with E-state index >= 15 is 0 Å². The summed E-state index contributed by atoms with van der Waals surface area (Å²) >= 11 is 5.84. The van der Waals surface area contributed by atoms with Crippen molar-refractivity contribution in [1.29, 1.82) is 0 Å². The van der Waals surface area contributed by atoms with Crippen LogP contribution in [0.3, 0.4) is 0 Å². The third kappa shape index (κ3) is 3.10. The van der Waals surface area contributed by atoms with E-state index in [0.29, 0.717) is 0 Å². The largest absolute Gasteiger partial charge is 0.397 e. The van der Waals surface area contributed by atoms with Gasteiger partial charge >= 0.3 is 0 Å². The Labute approximate surface area is 130 Å². The van der Waals surface area contributed by atoms with Gasteiger partial charge in [0.15, 0.2) is 0 Å². The van der Waals surface area contributed by atoms with Gasteiger partial charge in [0.2, 0.25) is 5.28 Å². The fraction of sp³-hybridized carbons (Fsp3) is 0.375. The van der Waals surface area contributed by atoms with Crippen LogP contribution in [0.15, 0.2) is 30.5 Å². The molecule has 3 rings (SSSR count). The van der Waals surface area contributed by atoms with E-state index in [2.05, 4.69) is 27.9 Å². The van der Waals surface area contributed by atoms with Crippen LogP contribution in [0, 0.1) is 5.92 Å². The van der Waals surface area contributed by atoms with Crippen LogP contribution in [0.4, 0.5) is 11.4 Å². The van der Waals surface area contributed by atoms with E-state index < -0.39 is 0 Å². The Balaban J connectivity index is 1.86. The molecule has 0 aliphatic carbocycles. The minimum absolute atomic E-state index is 0.250. The summed E-state index contributed by atoms with van der Waals surface area (Å²) in [5.74, 6) is 0.810. The number of halogens is 1. The highest BCUT2D eigenvalue weighted by atomic mass is 35.5. The van der Waals surface area contributed by atoms with E-state index in [1.54, 1.807) is 6.20 Å². The first-order valence-electron chi connectivity index (χ1n) is 7.27. The summed E-state index contributed by atoms with van der Waals surface area (Å²) in [4.78, 5) is 10.5.